The van der Waals surface area contributed by atoms with Crippen LogP contribution < -0.4 is 10.2 Å². The highest BCUT2D eigenvalue weighted by atomic mass is 16.3. The highest BCUT2D eigenvalue weighted by Gasteiger charge is 2.29. The zero-order valence-corrected chi connectivity index (χ0v) is 19.8. The first-order valence-corrected chi connectivity index (χ1v) is 12.3. The first-order chi connectivity index (χ1) is 18.3. The van der Waals surface area contributed by atoms with Crippen LogP contribution in [0.1, 0.15) is 11.3 Å². The van der Waals surface area contributed by atoms with Crippen molar-refractivity contribution >= 4 is 60.8 Å². The fourth-order valence-corrected chi connectivity index (χ4v) is 5.47. The molecule has 4 aromatic carbocycles. The van der Waals surface area contributed by atoms with E-state index in [0.717, 1.165) is 66.7 Å². The molecule has 0 unspecified atom stereocenters. The second-order valence-corrected chi connectivity index (χ2v) is 9.32. The van der Waals surface area contributed by atoms with Gasteiger partial charge in [0.1, 0.15) is 22.6 Å². The molecular formula is C32H21N3O2. The molecule has 0 bridgehead atoms. The van der Waals surface area contributed by atoms with Gasteiger partial charge in [0.2, 0.25) is 0 Å². The Labute approximate surface area is 212 Å². The average molecular weight is 480 g/mol. The van der Waals surface area contributed by atoms with Gasteiger partial charge in [0, 0.05) is 46.4 Å². The van der Waals surface area contributed by atoms with E-state index in [1.165, 1.54) is 5.39 Å². The monoisotopic (exact) mass is 479 g/mol. The number of hydrogen-bond donors (Lipinski definition) is 1. The van der Waals surface area contributed by atoms with Gasteiger partial charge >= 0.3 is 0 Å². The first-order valence-electron chi connectivity index (χ1n) is 12.3. The molecule has 0 radical (unpaired) electrons. The minimum Gasteiger partial charge on any atom is -0.454 e. The Kier molecular flexibility index (Phi) is 4.22. The minimum atomic E-state index is 0.703. The molecule has 0 saturated heterocycles. The van der Waals surface area contributed by atoms with Gasteiger partial charge in [0.05, 0.1) is 6.20 Å². The lowest BCUT2D eigenvalue weighted by Gasteiger charge is -2.29. The van der Waals surface area contributed by atoms with Crippen molar-refractivity contribution in [3.63, 3.8) is 0 Å². The zero-order chi connectivity index (χ0) is 24.3. The fourth-order valence-electron chi connectivity index (χ4n) is 5.47. The predicted molar refractivity (Wildman–Crippen MR) is 149 cm³/mol. The topological polar surface area (TPSA) is 54.4 Å². The van der Waals surface area contributed by atoms with Gasteiger partial charge in [-0.25, -0.2) is 0 Å². The molecule has 0 saturated carbocycles. The lowest BCUT2D eigenvalue weighted by atomic mass is 10.0. The molecule has 0 aliphatic carbocycles. The van der Waals surface area contributed by atoms with Crippen LogP contribution in [0.5, 0.6) is 0 Å². The maximum absolute atomic E-state index is 6.48. The van der Waals surface area contributed by atoms with Gasteiger partial charge in [0.15, 0.2) is 11.3 Å². The van der Waals surface area contributed by atoms with Gasteiger partial charge < -0.3 is 19.1 Å². The van der Waals surface area contributed by atoms with Crippen molar-refractivity contribution in [2.24, 2.45) is 0 Å². The van der Waals surface area contributed by atoms with Crippen LogP contribution in [0.3, 0.4) is 0 Å². The summed E-state index contributed by atoms with van der Waals surface area (Å²) >= 11 is 0. The maximum Gasteiger partial charge on any atom is 0.162 e. The van der Waals surface area contributed by atoms with Crippen LogP contribution >= 0.6 is 0 Å². The normalized spacial score (nSPS) is 13.1. The third-order valence-corrected chi connectivity index (χ3v) is 7.19. The molecule has 0 fully saturated rings. The summed E-state index contributed by atoms with van der Waals surface area (Å²) in [7, 11) is 0. The molecule has 0 atom stereocenters. The lowest BCUT2D eigenvalue weighted by molar-refractivity contribution is 0.584. The molecule has 1 aliphatic rings. The molecule has 0 amide bonds. The Balaban J connectivity index is 1.43. The van der Waals surface area contributed by atoms with Crippen LogP contribution in [-0.4, -0.2) is 4.98 Å². The van der Waals surface area contributed by atoms with E-state index >= 15 is 0 Å². The van der Waals surface area contributed by atoms with Crippen LogP contribution in [0.15, 0.2) is 118 Å². The van der Waals surface area contributed by atoms with Crippen LogP contribution in [-0.2, 0) is 6.54 Å². The van der Waals surface area contributed by atoms with Crippen molar-refractivity contribution in [1.29, 1.82) is 0 Å². The highest BCUT2D eigenvalue weighted by Crippen LogP contribution is 2.44. The predicted octanol–water partition coefficient (Wildman–Crippen LogP) is 8.12. The van der Waals surface area contributed by atoms with Gasteiger partial charge in [-0.05, 0) is 35.0 Å². The molecule has 176 valence electrons. The van der Waals surface area contributed by atoms with E-state index in [-0.39, 0.29) is 0 Å². The fraction of sp³-hybridized carbons (Fsp3) is 0.0312. The molecule has 1 aliphatic heterocycles. The smallest absolute Gasteiger partial charge is 0.162 e. The van der Waals surface area contributed by atoms with E-state index in [2.05, 4.69) is 75.9 Å². The average Bonchev–Trinajstić information content (AvgIpc) is 3.53. The number of nitrogens with zero attached hydrogens (tertiary/aromatic N) is 2. The van der Waals surface area contributed by atoms with E-state index in [0.29, 0.717) is 6.54 Å². The summed E-state index contributed by atoms with van der Waals surface area (Å²) in [4.78, 5) is 6.85. The van der Waals surface area contributed by atoms with Crippen LogP contribution in [0.2, 0.25) is 0 Å². The first kappa shape index (κ1) is 20.2. The lowest BCUT2D eigenvalue weighted by Crippen LogP contribution is -2.23. The molecule has 0 spiro atoms. The van der Waals surface area contributed by atoms with E-state index in [1.807, 2.05) is 48.9 Å². The minimum absolute atomic E-state index is 0.703. The molecule has 5 heteroatoms. The van der Waals surface area contributed by atoms with Gasteiger partial charge in [-0.2, -0.15) is 0 Å². The van der Waals surface area contributed by atoms with Crippen LogP contribution in [0, 0.1) is 0 Å². The van der Waals surface area contributed by atoms with Gasteiger partial charge in [-0.3, -0.25) is 4.98 Å². The molecule has 37 heavy (non-hydrogen) atoms. The zero-order valence-electron chi connectivity index (χ0n) is 19.8. The molecule has 3 aromatic heterocycles. The molecule has 7 aromatic rings. The second-order valence-electron chi connectivity index (χ2n) is 9.32. The Bertz CT molecular complexity index is 2010. The van der Waals surface area contributed by atoms with Crippen LogP contribution in [0.25, 0.3) is 49.4 Å². The third-order valence-electron chi connectivity index (χ3n) is 7.19. The molecule has 4 heterocycles. The summed E-state index contributed by atoms with van der Waals surface area (Å²) in [5.41, 5.74) is 6.39. The number of benzene rings is 4. The Morgan fingerprint density at radius 2 is 1.46 bits per heavy atom. The number of hydrogen-bond acceptors (Lipinski definition) is 5. The highest BCUT2D eigenvalue weighted by molar-refractivity contribution is 6.11. The summed E-state index contributed by atoms with van der Waals surface area (Å²) in [6.07, 6.45) is 5.78. The van der Waals surface area contributed by atoms with E-state index in [1.54, 1.807) is 0 Å². The Hall–Kier alpha value is -5.03. The van der Waals surface area contributed by atoms with E-state index in [4.69, 9.17) is 8.83 Å². The summed E-state index contributed by atoms with van der Waals surface area (Å²) in [6.45, 7) is 0.703. The SMILES string of the molecule is C1=C(N(c2ccc3ccccc3c2)c2cncc3c2oc2ccccc23)c2oc3ccccc3c2CN1. The summed E-state index contributed by atoms with van der Waals surface area (Å²) in [5.74, 6) is 0.848. The maximum atomic E-state index is 6.48. The number of nitrogens with one attached hydrogen (secondary N) is 1. The largest absolute Gasteiger partial charge is 0.454 e. The summed E-state index contributed by atoms with van der Waals surface area (Å²) < 4.78 is 12.9. The molecule has 5 nitrogen and oxygen atoms in total. The van der Waals surface area contributed by atoms with Crippen molar-refractivity contribution in [2.45, 2.75) is 6.54 Å². The van der Waals surface area contributed by atoms with Crippen molar-refractivity contribution in [1.82, 2.24) is 10.3 Å². The third kappa shape index (κ3) is 3.01. The Morgan fingerprint density at radius 3 is 2.35 bits per heavy atom. The van der Waals surface area contributed by atoms with E-state index < -0.39 is 0 Å². The number of furan rings is 2. The van der Waals surface area contributed by atoms with Crippen molar-refractivity contribution in [3.05, 3.63) is 121 Å². The standard InChI is InChI=1S/C32H21N3O2/c1-2-8-21-15-22(14-13-20(21)7-1)35(27-18-33-16-25-23-9-3-5-11-29(23)36-31(25)27)28-19-34-17-26-24-10-4-6-12-30(24)37-32(26)28/h1-16,18-19,34H,17H2. The molecule has 1 N–H and O–H groups in total. The number of anilines is 2. The van der Waals surface area contributed by atoms with Gasteiger partial charge in [-0.15, -0.1) is 0 Å². The quantitative estimate of drug-likeness (QED) is 0.277. The molecule has 8 rings (SSSR count). The van der Waals surface area contributed by atoms with Crippen molar-refractivity contribution < 1.29 is 8.83 Å². The molecular weight excluding hydrogens is 458 g/mol. The van der Waals surface area contributed by atoms with E-state index in [9.17, 15) is 0 Å². The number of rotatable bonds is 3. The van der Waals surface area contributed by atoms with Crippen LogP contribution in [0.4, 0.5) is 11.4 Å². The van der Waals surface area contributed by atoms with Crippen molar-refractivity contribution in [2.75, 3.05) is 4.90 Å². The summed E-state index contributed by atoms with van der Waals surface area (Å²) in [6, 6.07) is 31.2. The van der Waals surface area contributed by atoms with Crippen molar-refractivity contribution in [3.8, 4) is 0 Å². The number of aromatic nitrogens is 1. The Morgan fingerprint density at radius 1 is 0.703 bits per heavy atom. The number of fused-ring (bicyclic) bond motifs is 7. The summed E-state index contributed by atoms with van der Waals surface area (Å²) in [5, 5.41) is 8.98. The second kappa shape index (κ2) is 7.73. The number of pyridine rings is 1. The number of para-hydroxylation sites is 2. The van der Waals surface area contributed by atoms with Gasteiger partial charge in [-0.1, -0.05) is 66.7 Å². The van der Waals surface area contributed by atoms with Gasteiger partial charge in [0.25, 0.3) is 0 Å².